The van der Waals surface area contributed by atoms with Crippen molar-refractivity contribution in [1.82, 2.24) is 4.31 Å². The Kier molecular flexibility index (Phi) is 7.86. The van der Waals surface area contributed by atoms with Crippen LogP contribution in [0.4, 0.5) is 11.4 Å². The number of benzene rings is 3. The van der Waals surface area contributed by atoms with Crippen molar-refractivity contribution < 1.29 is 18.0 Å². The van der Waals surface area contributed by atoms with Gasteiger partial charge >= 0.3 is 0 Å². The molecule has 0 saturated heterocycles. The maximum absolute atomic E-state index is 13.4. The molecule has 3 aromatic carbocycles. The van der Waals surface area contributed by atoms with Crippen molar-refractivity contribution in [3.8, 4) is 0 Å². The maximum atomic E-state index is 13.4. The van der Waals surface area contributed by atoms with Gasteiger partial charge in [-0.2, -0.15) is 4.31 Å². The van der Waals surface area contributed by atoms with Crippen LogP contribution in [0.5, 0.6) is 0 Å². The van der Waals surface area contributed by atoms with Gasteiger partial charge in [0.1, 0.15) is 0 Å². The van der Waals surface area contributed by atoms with Crippen molar-refractivity contribution in [2.24, 2.45) is 0 Å². The van der Waals surface area contributed by atoms with Crippen molar-refractivity contribution in [1.29, 1.82) is 0 Å². The van der Waals surface area contributed by atoms with Gasteiger partial charge in [0.05, 0.1) is 11.4 Å². The van der Waals surface area contributed by atoms with Gasteiger partial charge in [-0.25, -0.2) is 8.42 Å². The minimum absolute atomic E-state index is 0.0198. The first-order valence-electron chi connectivity index (χ1n) is 10.1. The van der Waals surface area contributed by atoms with Crippen LogP contribution in [0, 0.1) is 6.92 Å². The summed E-state index contributed by atoms with van der Waals surface area (Å²) < 4.78 is 27.8. The molecular formula is C24H24ClN3O4S. The van der Waals surface area contributed by atoms with Crippen LogP contribution in [-0.4, -0.2) is 31.1 Å². The summed E-state index contributed by atoms with van der Waals surface area (Å²) in [6.45, 7) is 2.92. The molecule has 0 bridgehead atoms. The molecule has 2 amide bonds. The Balaban J connectivity index is 1.85. The minimum Gasteiger partial charge on any atom is -0.326 e. The number of anilines is 2. The van der Waals surface area contributed by atoms with Gasteiger partial charge in [0.25, 0.3) is 0 Å². The summed E-state index contributed by atoms with van der Waals surface area (Å²) in [4.78, 5) is 24.1. The Labute approximate surface area is 198 Å². The van der Waals surface area contributed by atoms with Gasteiger partial charge in [-0.3, -0.25) is 9.59 Å². The monoisotopic (exact) mass is 485 g/mol. The molecule has 7 nitrogen and oxygen atoms in total. The largest absolute Gasteiger partial charge is 0.326 e. The van der Waals surface area contributed by atoms with Crippen LogP contribution in [-0.2, 0) is 26.2 Å². The number of nitrogens with zero attached hydrogens (tertiary/aromatic N) is 1. The average Bonchev–Trinajstić information content (AvgIpc) is 2.73. The minimum atomic E-state index is -3.98. The topological polar surface area (TPSA) is 95.6 Å². The van der Waals surface area contributed by atoms with E-state index in [4.69, 9.17) is 11.6 Å². The van der Waals surface area contributed by atoms with Gasteiger partial charge in [-0.05, 0) is 55.0 Å². The van der Waals surface area contributed by atoms with Crippen molar-refractivity contribution in [2.45, 2.75) is 25.3 Å². The molecule has 0 aliphatic heterocycles. The van der Waals surface area contributed by atoms with E-state index in [2.05, 4.69) is 10.6 Å². The normalized spacial score (nSPS) is 11.3. The number of hydrogen-bond donors (Lipinski definition) is 2. The second kappa shape index (κ2) is 10.6. The quantitative estimate of drug-likeness (QED) is 0.493. The molecule has 0 heterocycles. The molecule has 9 heteroatoms. The molecule has 3 rings (SSSR count). The predicted octanol–water partition coefficient (Wildman–Crippen LogP) is 4.44. The second-order valence-corrected chi connectivity index (χ2v) is 9.90. The Morgan fingerprint density at radius 3 is 2.18 bits per heavy atom. The lowest BCUT2D eigenvalue weighted by atomic mass is 10.1. The molecule has 0 fully saturated rings. The molecule has 3 aromatic rings. The zero-order valence-corrected chi connectivity index (χ0v) is 19.8. The highest BCUT2D eigenvalue weighted by Crippen LogP contribution is 2.22. The van der Waals surface area contributed by atoms with Crippen LogP contribution in [0.15, 0.2) is 77.7 Å². The molecule has 0 aliphatic rings. The van der Waals surface area contributed by atoms with E-state index >= 15 is 0 Å². The molecule has 0 radical (unpaired) electrons. The Morgan fingerprint density at radius 2 is 1.55 bits per heavy atom. The number of rotatable bonds is 8. The molecule has 0 aromatic heterocycles. The van der Waals surface area contributed by atoms with Gasteiger partial charge in [0.15, 0.2) is 0 Å². The van der Waals surface area contributed by atoms with Crippen molar-refractivity contribution in [3.63, 3.8) is 0 Å². The van der Waals surface area contributed by atoms with E-state index in [1.54, 1.807) is 24.3 Å². The Morgan fingerprint density at radius 1 is 0.909 bits per heavy atom. The van der Waals surface area contributed by atoms with E-state index < -0.39 is 22.5 Å². The van der Waals surface area contributed by atoms with Gasteiger partial charge in [-0.1, -0.05) is 47.5 Å². The summed E-state index contributed by atoms with van der Waals surface area (Å²) in [5, 5.41) is 5.75. The highest BCUT2D eigenvalue weighted by molar-refractivity contribution is 7.89. The third-order valence-corrected chi connectivity index (χ3v) is 6.74. The summed E-state index contributed by atoms with van der Waals surface area (Å²) in [7, 11) is -3.98. The van der Waals surface area contributed by atoms with Crippen molar-refractivity contribution in [3.05, 3.63) is 88.9 Å². The van der Waals surface area contributed by atoms with E-state index in [1.807, 2.05) is 31.2 Å². The van der Waals surface area contributed by atoms with E-state index in [-0.39, 0.29) is 17.3 Å². The number of halogens is 1. The molecule has 0 aliphatic carbocycles. The van der Waals surface area contributed by atoms with Crippen molar-refractivity contribution in [2.75, 3.05) is 17.2 Å². The van der Waals surface area contributed by atoms with Gasteiger partial charge in [0, 0.05) is 29.9 Å². The first-order valence-corrected chi connectivity index (χ1v) is 11.9. The summed E-state index contributed by atoms with van der Waals surface area (Å²) in [6.07, 6.45) is 0. The fraction of sp³-hybridized carbons (Fsp3) is 0.167. The number of nitrogens with one attached hydrogen (secondary N) is 2. The van der Waals surface area contributed by atoms with Crippen LogP contribution in [0.25, 0.3) is 0 Å². The number of carbonyl (C=O) groups is 2. The van der Waals surface area contributed by atoms with E-state index in [1.165, 1.54) is 31.2 Å². The van der Waals surface area contributed by atoms with Gasteiger partial charge in [-0.15, -0.1) is 0 Å². The SMILES string of the molecule is CC(=O)Nc1cccc(NC(=O)CN(Cc2cccc(C)c2)S(=O)(=O)c2ccc(Cl)cc2)c1. The number of amides is 2. The van der Waals surface area contributed by atoms with Crippen LogP contribution in [0.2, 0.25) is 5.02 Å². The number of aryl methyl sites for hydroxylation is 1. The molecule has 33 heavy (non-hydrogen) atoms. The molecule has 0 saturated carbocycles. The predicted molar refractivity (Wildman–Crippen MR) is 130 cm³/mol. The maximum Gasteiger partial charge on any atom is 0.243 e. The summed E-state index contributed by atoms with van der Waals surface area (Å²) in [6, 6.07) is 19.9. The second-order valence-electron chi connectivity index (χ2n) is 7.53. The fourth-order valence-corrected chi connectivity index (χ4v) is 4.74. The number of carbonyl (C=O) groups excluding carboxylic acids is 2. The van der Waals surface area contributed by atoms with E-state index in [9.17, 15) is 18.0 Å². The molecule has 0 atom stereocenters. The van der Waals surface area contributed by atoms with Crippen molar-refractivity contribution >= 4 is 44.8 Å². The van der Waals surface area contributed by atoms with Crippen LogP contribution < -0.4 is 10.6 Å². The third kappa shape index (κ3) is 6.89. The lowest BCUT2D eigenvalue weighted by Crippen LogP contribution is -2.37. The first-order chi connectivity index (χ1) is 15.6. The first kappa shape index (κ1) is 24.4. The molecule has 0 unspecified atom stereocenters. The van der Waals surface area contributed by atoms with Crippen LogP contribution in [0.1, 0.15) is 18.1 Å². The lowest BCUT2D eigenvalue weighted by Gasteiger charge is -2.22. The van der Waals surface area contributed by atoms with E-state index in [0.717, 1.165) is 15.4 Å². The third-order valence-electron chi connectivity index (χ3n) is 4.68. The average molecular weight is 486 g/mol. The molecule has 0 spiro atoms. The molecule has 172 valence electrons. The highest BCUT2D eigenvalue weighted by atomic mass is 35.5. The van der Waals surface area contributed by atoms with Gasteiger partial charge < -0.3 is 10.6 Å². The zero-order chi connectivity index (χ0) is 24.0. The lowest BCUT2D eigenvalue weighted by molar-refractivity contribution is -0.116. The zero-order valence-electron chi connectivity index (χ0n) is 18.2. The van der Waals surface area contributed by atoms with Crippen LogP contribution >= 0.6 is 11.6 Å². The Hall–Kier alpha value is -3.20. The summed E-state index contributed by atoms with van der Waals surface area (Å²) in [5.41, 5.74) is 2.69. The fourth-order valence-electron chi connectivity index (χ4n) is 3.23. The molecular weight excluding hydrogens is 462 g/mol. The highest BCUT2D eigenvalue weighted by Gasteiger charge is 2.27. The molecule has 2 N–H and O–H groups in total. The summed E-state index contributed by atoms with van der Waals surface area (Å²) in [5.74, 6) is -0.753. The van der Waals surface area contributed by atoms with E-state index in [0.29, 0.717) is 16.4 Å². The van der Waals surface area contributed by atoms with Gasteiger partial charge in [0.2, 0.25) is 21.8 Å². The smallest absolute Gasteiger partial charge is 0.243 e. The number of hydrogen-bond acceptors (Lipinski definition) is 4. The Bertz CT molecular complexity index is 1260. The standard InChI is InChI=1S/C24H24ClN3O4S/c1-17-5-3-6-19(13-17)15-28(33(31,32)23-11-9-20(25)10-12-23)16-24(30)27-22-8-4-7-21(14-22)26-18(2)29/h3-14H,15-16H2,1-2H3,(H,26,29)(H,27,30). The van der Waals surface area contributed by atoms with Crippen LogP contribution in [0.3, 0.4) is 0 Å². The number of sulfonamides is 1. The summed E-state index contributed by atoms with van der Waals surface area (Å²) >= 11 is 5.91.